The smallest absolute Gasteiger partial charge is 0.225 e. The maximum atomic E-state index is 13.1. The van der Waals surface area contributed by atoms with E-state index in [1.165, 1.54) is 5.56 Å². The summed E-state index contributed by atoms with van der Waals surface area (Å²) >= 11 is 0. The van der Waals surface area contributed by atoms with Crippen LogP contribution >= 0.6 is 0 Å². The third-order valence-electron chi connectivity index (χ3n) is 8.60. The first kappa shape index (κ1) is 21.3. The van der Waals surface area contributed by atoms with E-state index in [1.54, 1.807) is 0 Å². The van der Waals surface area contributed by atoms with E-state index in [2.05, 4.69) is 48.8 Å². The van der Waals surface area contributed by atoms with E-state index in [-0.39, 0.29) is 23.0 Å². The van der Waals surface area contributed by atoms with Crippen molar-refractivity contribution in [1.29, 1.82) is 0 Å². The minimum Gasteiger partial charge on any atom is -0.487 e. The van der Waals surface area contributed by atoms with Gasteiger partial charge in [0.15, 0.2) is 0 Å². The van der Waals surface area contributed by atoms with Gasteiger partial charge in [0.05, 0.1) is 12.7 Å². The Kier molecular flexibility index (Phi) is 5.54. The lowest BCUT2D eigenvalue weighted by molar-refractivity contribution is -0.177. The van der Waals surface area contributed by atoms with E-state index in [9.17, 15) is 4.79 Å². The molecule has 0 bridgehead atoms. The highest BCUT2D eigenvalue weighted by atomic mass is 16.5. The number of piperidine rings is 2. The van der Waals surface area contributed by atoms with Crippen LogP contribution in [0.25, 0.3) is 0 Å². The molecule has 1 aromatic rings. The van der Waals surface area contributed by atoms with Gasteiger partial charge in [0.25, 0.3) is 0 Å². The fourth-order valence-corrected chi connectivity index (χ4v) is 6.40. The van der Waals surface area contributed by atoms with Crippen LogP contribution in [0.5, 0.6) is 5.75 Å². The van der Waals surface area contributed by atoms with Crippen molar-refractivity contribution in [3.8, 4) is 5.75 Å². The average molecular weight is 427 g/mol. The van der Waals surface area contributed by atoms with Gasteiger partial charge >= 0.3 is 0 Å². The summed E-state index contributed by atoms with van der Waals surface area (Å²) < 4.78 is 13.0. The van der Waals surface area contributed by atoms with Gasteiger partial charge in [0, 0.05) is 30.5 Å². The quantitative estimate of drug-likeness (QED) is 0.708. The first-order valence-corrected chi connectivity index (χ1v) is 12.3. The molecule has 5 rings (SSSR count). The van der Waals surface area contributed by atoms with Crippen molar-refractivity contribution in [3.05, 3.63) is 29.8 Å². The summed E-state index contributed by atoms with van der Waals surface area (Å²) in [5.74, 6) is 1.94. The zero-order chi connectivity index (χ0) is 21.6. The molecule has 1 amide bonds. The van der Waals surface area contributed by atoms with Gasteiger partial charge in [-0.1, -0.05) is 25.1 Å². The summed E-state index contributed by atoms with van der Waals surface area (Å²) in [6.45, 7) is 12.4. The highest BCUT2D eigenvalue weighted by Gasteiger charge is 2.53. The van der Waals surface area contributed by atoms with Crippen LogP contribution in [-0.2, 0) is 9.53 Å². The SMILES string of the molecule is CCN1CCC(C(=O)N2CCC3(CC2)CO[C@@H]2c4ccccc4OC(C)(C)[C@H]2C3)CC1. The molecule has 1 aromatic carbocycles. The number of carbonyl (C=O) groups excluding carboxylic acids is 1. The number of hydrogen-bond donors (Lipinski definition) is 0. The second-order valence-electron chi connectivity index (χ2n) is 10.8. The van der Waals surface area contributed by atoms with E-state index in [0.717, 1.165) is 77.2 Å². The van der Waals surface area contributed by atoms with Crippen molar-refractivity contribution in [2.75, 3.05) is 39.3 Å². The number of para-hydroxylation sites is 1. The molecule has 2 atom stereocenters. The molecule has 4 aliphatic rings. The van der Waals surface area contributed by atoms with E-state index >= 15 is 0 Å². The molecular weight excluding hydrogens is 388 g/mol. The molecule has 0 aliphatic carbocycles. The lowest BCUT2D eigenvalue weighted by atomic mass is 9.64. The number of rotatable bonds is 2. The van der Waals surface area contributed by atoms with Crippen LogP contribution < -0.4 is 4.74 Å². The van der Waals surface area contributed by atoms with Crippen molar-refractivity contribution in [2.24, 2.45) is 17.3 Å². The summed E-state index contributed by atoms with van der Waals surface area (Å²) in [5.41, 5.74) is 1.14. The lowest BCUT2D eigenvalue weighted by Crippen LogP contribution is -2.55. The maximum absolute atomic E-state index is 13.1. The standard InChI is InChI=1S/C26H38N2O3/c1-4-27-13-9-19(10-14-27)24(29)28-15-11-26(12-16-28)17-21-23(30-18-26)20-7-5-6-8-22(20)31-25(21,2)3/h5-8,19,21,23H,4,9-18H2,1-3H3/t21-,23+/m0/s1. The zero-order valence-corrected chi connectivity index (χ0v) is 19.4. The Morgan fingerprint density at radius 2 is 1.81 bits per heavy atom. The molecule has 0 saturated carbocycles. The molecule has 5 heteroatoms. The number of amides is 1. The van der Waals surface area contributed by atoms with Crippen LogP contribution in [0.4, 0.5) is 0 Å². The van der Waals surface area contributed by atoms with Gasteiger partial charge in [-0.05, 0) is 77.1 Å². The molecule has 4 heterocycles. The van der Waals surface area contributed by atoms with Gasteiger partial charge in [-0.15, -0.1) is 0 Å². The third kappa shape index (κ3) is 3.89. The van der Waals surface area contributed by atoms with E-state index in [1.807, 2.05) is 6.07 Å². The first-order valence-electron chi connectivity index (χ1n) is 12.3. The van der Waals surface area contributed by atoms with Crippen molar-refractivity contribution in [3.63, 3.8) is 0 Å². The molecule has 0 N–H and O–H groups in total. The van der Waals surface area contributed by atoms with Gasteiger partial charge in [0.2, 0.25) is 5.91 Å². The van der Waals surface area contributed by atoms with Crippen LogP contribution in [-0.4, -0.2) is 60.6 Å². The Morgan fingerprint density at radius 1 is 1.10 bits per heavy atom. The molecule has 31 heavy (non-hydrogen) atoms. The third-order valence-corrected chi connectivity index (χ3v) is 8.60. The Morgan fingerprint density at radius 3 is 2.52 bits per heavy atom. The van der Waals surface area contributed by atoms with Crippen LogP contribution in [0.1, 0.15) is 64.5 Å². The summed E-state index contributed by atoms with van der Waals surface area (Å²) in [5, 5.41) is 0. The molecule has 3 fully saturated rings. The largest absolute Gasteiger partial charge is 0.487 e. The number of likely N-dealkylation sites (tertiary alicyclic amines) is 2. The van der Waals surface area contributed by atoms with Crippen molar-refractivity contribution in [2.45, 2.75) is 64.6 Å². The summed E-state index contributed by atoms with van der Waals surface area (Å²) in [4.78, 5) is 17.8. The highest BCUT2D eigenvalue weighted by molar-refractivity contribution is 5.79. The number of ether oxygens (including phenoxy) is 2. The average Bonchev–Trinajstić information content (AvgIpc) is 2.79. The second kappa shape index (κ2) is 8.08. The number of carbonyl (C=O) groups is 1. The van der Waals surface area contributed by atoms with Gasteiger partial charge in [0.1, 0.15) is 11.4 Å². The van der Waals surface area contributed by atoms with Crippen LogP contribution in [0.2, 0.25) is 0 Å². The fourth-order valence-electron chi connectivity index (χ4n) is 6.40. The van der Waals surface area contributed by atoms with Gasteiger partial charge < -0.3 is 19.3 Å². The van der Waals surface area contributed by atoms with Gasteiger partial charge in [-0.2, -0.15) is 0 Å². The van der Waals surface area contributed by atoms with E-state index in [0.29, 0.717) is 11.8 Å². The first-order chi connectivity index (χ1) is 14.9. The number of nitrogens with zero attached hydrogens (tertiary/aromatic N) is 2. The van der Waals surface area contributed by atoms with Gasteiger partial charge in [-0.25, -0.2) is 0 Å². The topological polar surface area (TPSA) is 42.0 Å². The van der Waals surface area contributed by atoms with E-state index in [4.69, 9.17) is 9.47 Å². The summed E-state index contributed by atoms with van der Waals surface area (Å²) in [6, 6.07) is 8.35. The van der Waals surface area contributed by atoms with E-state index < -0.39 is 0 Å². The monoisotopic (exact) mass is 426 g/mol. The fraction of sp³-hybridized carbons (Fsp3) is 0.731. The Hall–Kier alpha value is -1.59. The molecule has 4 aliphatic heterocycles. The number of hydrogen-bond acceptors (Lipinski definition) is 4. The molecule has 5 nitrogen and oxygen atoms in total. The summed E-state index contributed by atoms with van der Waals surface area (Å²) in [7, 11) is 0. The van der Waals surface area contributed by atoms with Crippen molar-refractivity contribution < 1.29 is 14.3 Å². The highest BCUT2D eigenvalue weighted by Crippen LogP contribution is 2.55. The van der Waals surface area contributed by atoms with Crippen molar-refractivity contribution >= 4 is 5.91 Å². The molecule has 1 spiro atoms. The van der Waals surface area contributed by atoms with Crippen LogP contribution in [0.3, 0.4) is 0 Å². The molecule has 0 radical (unpaired) electrons. The molecule has 0 unspecified atom stereocenters. The normalized spacial score (nSPS) is 30.4. The number of fused-ring (bicyclic) bond motifs is 3. The second-order valence-corrected chi connectivity index (χ2v) is 10.8. The minimum atomic E-state index is -0.243. The Balaban J connectivity index is 1.23. The lowest BCUT2D eigenvalue weighted by Gasteiger charge is -2.54. The Bertz CT molecular complexity index is 807. The predicted molar refractivity (Wildman–Crippen MR) is 121 cm³/mol. The number of benzene rings is 1. The Labute approximate surface area is 187 Å². The summed E-state index contributed by atoms with van der Waals surface area (Å²) in [6.07, 6.45) is 5.38. The predicted octanol–water partition coefficient (Wildman–Crippen LogP) is 4.28. The minimum absolute atomic E-state index is 0.119. The molecule has 170 valence electrons. The molecule has 3 saturated heterocycles. The maximum Gasteiger partial charge on any atom is 0.225 e. The van der Waals surface area contributed by atoms with Gasteiger partial charge in [-0.3, -0.25) is 4.79 Å². The van der Waals surface area contributed by atoms with Crippen LogP contribution in [0, 0.1) is 17.3 Å². The zero-order valence-electron chi connectivity index (χ0n) is 19.4. The molecule has 0 aromatic heterocycles. The molecular formula is C26H38N2O3. The van der Waals surface area contributed by atoms with Crippen LogP contribution in [0.15, 0.2) is 24.3 Å². The van der Waals surface area contributed by atoms with Crippen molar-refractivity contribution in [1.82, 2.24) is 9.80 Å².